The second-order valence-corrected chi connectivity index (χ2v) is 4.11. The van der Waals surface area contributed by atoms with Gasteiger partial charge in [0.05, 0.1) is 10.2 Å². The van der Waals surface area contributed by atoms with E-state index < -0.39 is 0 Å². The first-order valence-corrected chi connectivity index (χ1v) is 5.93. The summed E-state index contributed by atoms with van der Waals surface area (Å²) in [4.78, 5) is 6.44. The van der Waals surface area contributed by atoms with E-state index in [0.29, 0.717) is 0 Å². The average Bonchev–Trinajstić information content (AvgIpc) is 2.21. The molecule has 0 aromatic carbocycles. The van der Waals surface area contributed by atoms with Crippen LogP contribution in [-0.2, 0) is 0 Å². The lowest BCUT2D eigenvalue weighted by Crippen LogP contribution is -2.24. The van der Waals surface area contributed by atoms with Gasteiger partial charge in [0.15, 0.2) is 0 Å². The molecule has 1 rings (SSSR count). The number of aromatic nitrogens is 1. The topological polar surface area (TPSA) is 16.1 Å². The van der Waals surface area contributed by atoms with Gasteiger partial charge in [-0.15, -0.1) is 0 Å². The fourth-order valence-corrected chi connectivity index (χ4v) is 1.92. The molecule has 0 atom stereocenters. The van der Waals surface area contributed by atoms with Crippen LogP contribution in [0.3, 0.4) is 0 Å². The van der Waals surface area contributed by atoms with Crippen LogP contribution in [0, 0.1) is 0 Å². The van der Waals surface area contributed by atoms with Gasteiger partial charge in [-0.2, -0.15) is 0 Å². The Hall–Kier alpha value is -0.570. The van der Waals surface area contributed by atoms with E-state index in [-0.39, 0.29) is 0 Å². The van der Waals surface area contributed by atoms with Crippen LogP contribution in [0.25, 0.3) is 0 Å². The minimum atomic E-state index is 1.04. The van der Waals surface area contributed by atoms with E-state index in [4.69, 9.17) is 0 Å². The summed E-state index contributed by atoms with van der Waals surface area (Å²) in [6, 6.07) is 2.06. The number of anilines is 1. The third kappa shape index (κ3) is 2.98. The van der Waals surface area contributed by atoms with Crippen molar-refractivity contribution in [3.63, 3.8) is 0 Å². The summed E-state index contributed by atoms with van der Waals surface area (Å²) in [7, 11) is 0. The van der Waals surface area contributed by atoms with Crippen LogP contribution in [0.5, 0.6) is 0 Å². The van der Waals surface area contributed by atoms with E-state index in [1.807, 2.05) is 12.4 Å². The second-order valence-electron chi connectivity index (χ2n) is 3.26. The molecule has 0 aliphatic carbocycles. The normalized spacial score (nSPS) is 10.2. The van der Waals surface area contributed by atoms with Crippen LogP contribution < -0.4 is 4.90 Å². The Balaban J connectivity index is 2.73. The molecule has 3 heteroatoms. The van der Waals surface area contributed by atoms with Gasteiger partial charge in [0.25, 0.3) is 0 Å². The Labute approximate surface area is 94.5 Å². The van der Waals surface area contributed by atoms with E-state index in [2.05, 4.69) is 45.7 Å². The molecule has 0 bridgehead atoms. The van der Waals surface area contributed by atoms with Crippen molar-refractivity contribution >= 4 is 21.6 Å². The van der Waals surface area contributed by atoms with E-state index in [0.717, 1.165) is 17.6 Å². The minimum Gasteiger partial charge on any atom is -0.371 e. The van der Waals surface area contributed by atoms with Crippen molar-refractivity contribution < 1.29 is 0 Å². The monoisotopic (exact) mass is 256 g/mol. The maximum atomic E-state index is 4.07. The van der Waals surface area contributed by atoms with Crippen molar-refractivity contribution in [2.45, 2.75) is 26.7 Å². The molecule has 0 aliphatic heterocycles. The largest absolute Gasteiger partial charge is 0.371 e. The van der Waals surface area contributed by atoms with Crippen LogP contribution in [0.1, 0.15) is 26.7 Å². The SMILES string of the molecule is CCCCN(CC)c1ccncc1Br. The summed E-state index contributed by atoms with van der Waals surface area (Å²) < 4.78 is 1.08. The zero-order valence-corrected chi connectivity index (χ0v) is 10.4. The molecule has 0 N–H and O–H groups in total. The van der Waals surface area contributed by atoms with Crippen molar-refractivity contribution in [2.75, 3.05) is 18.0 Å². The van der Waals surface area contributed by atoms with Crippen molar-refractivity contribution in [3.05, 3.63) is 22.9 Å². The van der Waals surface area contributed by atoms with Crippen LogP contribution in [0.4, 0.5) is 5.69 Å². The summed E-state index contributed by atoms with van der Waals surface area (Å²) in [5, 5.41) is 0. The van der Waals surface area contributed by atoms with Gasteiger partial charge in [0.2, 0.25) is 0 Å². The van der Waals surface area contributed by atoms with Crippen molar-refractivity contribution in [1.29, 1.82) is 0 Å². The number of halogens is 1. The standard InChI is InChI=1S/C11H17BrN2/c1-3-5-8-14(4-2)11-6-7-13-9-10(11)12/h6-7,9H,3-5,8H2,1-2H3. The van der Waals surface area contributed by atoms with Gasteiger partial charge in [0.1, 0.15) is 0 Å². The van der Waals surface area contributed by atoms with Crippen molar-refractivity contribution in [3.8, 4) is 0 Å². The van der Waals surface area contributed by atoms with E-state index in [1.54, 1.807) is 0 Å². The Morgan fingerprint density at radius 2 is 2.21 bits per heavy atom. The summed E-state index contributed by atoms with van der Waals surface area (Å²) in [5.74, 6) is 0. The quantitative estimate of drug-likeness (QED) is 0.802. The van der Waals surface area contributed by atoms with Crippen molar-refractivity contribution in [2.24, 2.45) is 0 Å². The van der Waals surface area contributed by atoms with Crippen LogP contribution in [-0.4, -0.2) is 18.1 Å². The van der Waals surface area contributed by atoms with Gasteiger partial charge in [-0.25, -0.2) is 0 Å². The summed E-state index contributed by atoms with van der Waals surface area (Å²) in [6.07, 6.45) is 6.17. The Kier molecular flexibility index (Phi) is 4.94. The smallest absolute Gasteiger partial charge is 0.0592 e. The molecule has 0 amide bonds. The molecular weight excluding hydrogens is 240 g/mol. The predicted molar refractivity (Wildman–Crippen MR) is 64.7 cm³/mol. The number of nitrogens with zero attached hydrogens (tertiary/aromatic N) is 2. The van der Waals surface area contributed by atoms with Crippen LogP contribution >= 0.6 is 15.9 Å². The molecule has 1 heterocycles. The molecule has 1 aromatic rings. The lowest BCUT2D eigenvalue weighted by Gasteiger charge is -2.23. The van der Waals surface area contributed by atoms with Gasteiger partial charge in [-0.3, -0.25) is 4.98 Å². The van der Waals surface area contributed by atoms with Gasteiger partial charge < -0.3 is 4.90 Å². The van der Waals surface area contributed by atoms with Crippen LogP contribution in [0.15, 0.2) is 22.9 Å². The Morgan fingerprint density at radius 1 is 1.43 bits per heavy atom. The van der Waals surface area contributed by atoms with Crippen LogP contribution in [0.2, 0.25) is 0 Å². The summed E-state index contributed by atoms with van der Waals surface area (Å²) in [5.41, 5.74) is 1.25. The van der Waals surface area contributed by atoms with Gasteiger partial charge in [-0.05, 0) is 35.3 Å². The van der Waals surface area contributed by atoms with Gasteiger partial charge >= 0.3 is 0 Å². The fraction of sp³-hybridized carbons (Fsp3) is 0.545. The number of pyridine rings is 1. The molecule has 1 aromatic heterocycles. The second kappa shape index (κ2) is 6.02. The summed E-state index contributed by atoms with van der Waals surface area (Å²) >= 11 is 3.53. The fourth-order valence-electron chi connectivity index (χ4n) is 1.42. The van der Waals surface area contributed by atoms with E-state index >= 15 is 0 Å². The Bertz CT molecular complexity index is 276. The molecule has 14 heavy (non-hydrogen) atoms. The molecule has 78 valence electrons. The lowest BCUT2D eigenvalue weighted by atomic mass is 10.3. The molecule has 0 radical (unpaired) electrons. The van der Waals surface area contributed by atoms with E-state index in [9.17, 15) is 0 Å². The van der Waals surface area contributed by atoms with E-state index in [1.165, 1.54) is 18.5 Å². The average molecular weight is 257 g/mol. The highest BCUT2D eigenvalue weighted by Crippen LogP contribution is 2.24. The Morgan fingerprint density at radius 3 is 2.79 bits per heavy atom. The first kappa shape index (κ1) is 11.5. The maximum absolute atomic E-state index is 4.07. The molecular formula is C11H17BrN2. The number of hydrogen-bond donors (Lipinski definition) is 0. The summed E-state index contributed by atoms with van der Waals surface area (Å²) in [6.45, 7) is 6.57. The lowest BCUT2D eigenvalue weighted by molar-refractivity contribution is 0.730. The first-order valence-electron chi connectivity index (χ1n) is 5.14. The highest BCUT2D eigenvalue weighted by Gasteiger charge is 2.06. The first-order chi connectivity index (χ1) is 6.79. The van der Waals surface area contributed by atoms with Gasteiger partial charge in [0, 0.05) is 25.5 Å². The maximum Gasteiger partial charge on any atom is 0.0592 e. The molecule has 0 aliphatic rings. The number of hydrogen-bond acceptors (Lipinski definition) is 2. The predicted octanol–water partition coefficient (Wildman–Crippen LogP) is 3.47. The zero-order valence-electron chi connectivity index (χ0n) is 8.83. The molecule has 0 unspecified atom stereocenters. The third-order valence-electron chi connectivity index (χ3n) is 2.26. The van der Waals surface area contributed by atoms with Crippen molar-refractivity contribution in [1.82, 2.24) is 4.98 Å². The zero-order chi connectivity index (χ0) is 10.4. The molecule has 0 spiro atoms. The third-order valence-corrected chi connectivity index (χ3v) is 2.87. The highest BCUT2D eigenvalue weighted by molar-refractivity contribution is 9.10. The number of rotatable bonds is 5. The molecule has 0 saturated carbocycles. The molecule has 0 fully saturated rings. The highest BCUT2D eigenvalue weighted by atomic mass is 79.9. The molecule has 0 saturated heterocycles. The van der Waals surface area contributed by atoms with Gasteiger partial charge in [-0.1, -0.05) is 13.3 Å². The molecule has 2 nitrogen and oxygen atoms in total. The minimum absolute atomic E-state index is 1.04. The number of unbranched alkanes of at least 4 members (excludes halogenated alkanes) is 1.